The Morgan fingerprint density at radius 3 is 2.42 bits per heavy atom. The second kappa shape index (κ2) is 8.49. The maximum absolute atomic E-state index is 12.3. The lowest BCUT2D eigenvalue weighted by Crippen LogP contribution is -2.51. The van der Waals surface area contributed by atoms with Crippen LogP contribution in [-0.2, 0) is 9.53 Å². The van der Waals surface area contributed by atoms with E-state index in [2.05, 4.69) is 4.90 Å². The largest absolute Gasteiger partial charge is 0.375 e. The van der Waals surface area contributed by atoms with Crippen molar-refractivity contribution < 1.29 is 9.53 Å². The molecule has 1 saturated heterocycles. The van der Waals surface area contributed by atoms with Crippen LogP contribution in [0.4, 0.5) is 5.69 Å². The number of hydrogen-bond donors (Lipinski definition) is 0. The van der Waals surface area contributed by atoms with Gasteiger partial charge in [0.2, 0.25) is 5.91 Å². The average Bonchev–Trinajstić information content (AvgIpc) is 2.62. The van der Waals surface area contributed by atoms with E-state index in [9.17, 15) is 4.79 Å². The van der Waals surface area contributed by atoms with Crippen LogP contribution in [-0.4, -0.2) is 44.2 Å². The summed E-state index contributed by atoms with van der Waals surface area (Å²) >= 11 is 18.5. The Labute approximate surface area is 168 Å². The predicted octanol–water partition coefficient (Wildman–Crippen LogP) is 4.68. The van der Waals surface area contributed by atoms with Crippen LogP contribution < -0.4 is 4.90 Å². The van der Waals surface area contributed by atoms with Gasteiger partial charge in [-0.1, -0.05) is 46.9 Å². The first-order chi connectivity index (χ1) is 12.5. The first kappa shape index (κ1) is 19.3. The van der Waals surface area contributed by atoms with Gasteiger partial charge >= 0.3 is 0 Å². The van der Waals surface area contributed by atoms with E-state index in [1.807, 2.05) is 41.3 Å². The van der Waals surface area contributed by atoms with Crippen molar-refractivity contribution in [3.05, 3.63) is 63.1 Å². The van der Waals surface area contributed by atoms with Gasteiger partial charge in [-0.05, 0) is 35.9 Å². The molecule has 1 atom stereocenters. The van der Waals surface area contributed by atoms with Crippen LogP contribution in [0.5, 0.6) is 0 Å². The fourth-order valence-corrected chi connectivity index (χ4v) is 3.84. The molecule has 0 aliphatic carbocycles. The summed E-state index contributed by atoms with van der Waals surface area (Å²) in [6.45, 7) is 1.88. The molecule has 0 radical (unpaired) electrons. The first-order valence-electron chi connectivity index (χ1n) is 8.23. The van der Waals surface area contributed by atoms with Crippen LogP contribution in [0.2, 0.25) is 15.1 Å². The zero-order valence-corrected chi connectivity index (χ0v) is 16.6. The molecular weight excluding hydrogens is 395 g/mol. The van der Waals surface area contributed by atoms with Crippen molar-refractivity contribution in [2.45, 2.75) is 6.04 Å². The van der Waals surface area contributed by atoms with E-state index in [0.717, 1.165) is 11.3 Å². The summed E-state index contributed by atoms with van der Waals surface area (Å²) < 4.78 is 5.00. The molecule has 4 nitrogen and oxygen atoms in total. The smallest absolute Gasteiger partial charge is 0.248 e. The van der Waals surface area contributed by atoms with Gasteiger partial charge in [0.15, 0.2) is 0 Å². The second-order valence-electron chi connectivity index (χ2n) is 6.13. The normalized spacial score (nSPS) is 17.5. The van der Waals surface area contributed by atoms with Crippen LogP contribution in [0.25, 0.3) is 0 Å². The van der Waals surface area contributed by atoms with Crippen molar-refractivity contribution in [1.82, 2.24) is 4.90 Å². The van der Waals surface area contributed by atoms with Crippen molar-refractivity contribution in [2.75, 3.05) is 38.3 Å². The molecule has 1 fully saturated rings. The summed E-state index contributed by atoms with van der Waals surface area (Å²) in [5.74, 6) is -0.0201. The van der Waals surface area contributed by atoms with E-state index >= 15 is 0 Å². The third kappa shape index (κ3) is 4.26. The second-order valence-corrected chi connectivity index (χ2v) is 7.41. The Morgan fingerprint density at radius 1 is 1.08 bits per heavy atom. The average molecular weight is 414 g/mol. The van der Waals surface area contributed by atoms with E-state index < -0.39 is 0 Å². The summed E-state index contributed by atoms with van der Waals surface area (Å²) in [6, 6.07) is 13.1. The highest BCUT2D eigenvalue weighted by molar-refractivity contribution is 6.36. The molecule has 7 heteroatoms. The number of anilines is 1. The van der Waals surface area contributed by atoms with Crippen LogP contribution in [0, 0.1) is 0 Å². The minimum atomic E-state index is -0.0412. The molecule has 2 aromatic rings. The van der Waals surface area contributed by atoms with Gasteiger partial charge in [0.05, 0.1) is 16.8 Å². The van der Waals surface area contributed by atoms with Crippen molar-refractivity contribution in [2.24, 2.45) is 0 Å². The number of carbonyl (C=O) groups is 1. The number of hydrogen-bond acceptors (Lipinski definition) is 3. The van der Waals surface area contributed by atoms with Gasteiger partial charge < -0.3 is 14.5 Å². The fraction of sp³-hybridized carbons (Fsp3) is 0.316. The lowest BCUT2D eigenvalue weighted by atomic mass is 10.0. The van der Waals surface area contributed by atoms with Gasteiger partial charge in [0.25, 0.3) is 0 Å². The Kier molecular flexibility index (Phi) is 6.30. The van der Waals surface area contributed by atoms with Crippen LogP contribution in [0.15, 0.2) is 42.5 Å². The maximum atomic E-state index is 12.3. The van der Waals surface area contributed by atoms with Gasteiger partial charge in [-0.3, -0.25) is 4.79 Å². The van der Waals surface area contributed by atoms with Crippen LogP contribution in [0.1, 0.15) is 11.6 Å². The molecule has 2 aromatic carbocycles. The number of amides is 1. The number of carbonyl (C=O) groups excluding carboxylic acids is 1. The van der Waals surface area contributed by atoms with E-state index in [1.165, 1.54) is 7.11 Å². The van der Waals surface area contributed by atoms with E-state index in [1.54, 1.807) is 6.07 Å². The van der Waals surface area contributed by atoms with E-state index in [0.29, 0.717) is 34.7 Å². The van der Waals surface area contributed by atoms with E-state index in [-0.39, 0.29) is 18.6 Å². The molecule has 0 spiro atoms. The van der Waals surface area contributed by atoms with E-state index in [4.69, 9.17) is 39.5 Å². The minimum Gasteiger partial charge on any atom is -0.375 e. The summed E-state index contributed by atoms with van der Waals surface area (Å²) in [4.78, 5) is 16.3. The van der Waals surface area contributed by atoms with Gasteiger partial charge in [-0.25, -0.2) is 0 Å². The third-order valence-electron chi connectivity index (χ3n) is 4.47. The number of ether oxygens (including phenoxy) is 1. The molecule has 1 aliphatic rings. The van der Waals surface area contributed by atoms with Gasteiger partial charge in [-0.2, -0.15) is 0 Å². The Hall–Kier alpha value is -1.46. The van der Waals surface area contributed by atoms with Crippen molar-refractivity contribution in [3.63, 3.8) is 0 Å². The fourth-order valence-electron chi connectivity index (χ4n) is 3.20. The highest BCUT2D eigenvalue weighted by Gasteiger charge is 2.31. The highest BCUT2D eigenvalue weighted by atomic mass is 35.5. The van der Waals surface area contributed by atoms with Crippen molar-refractivity contribution in [3.8, 4) is 0 Å². The number of halogens is 3. The number of piperazine rings is 1. The minimum absolute atomic E-state index is 0.0201. The molecular formula is C19H19Cl3N2O2. The van der Waals surface area contributed by atoms with Crippen LogP contribution in [0.3, 0.4) is 0 Å². The molecule has 3 rings (SSSR count). The Morgan fingerprint density at radius 2 is 1.77 bits per heavy atom. The Bertz CT molecular complexity index is 783. The number of methoxy groups -OCH3 is 1. The summed E-state index contributed by atoms with van der Waals surface area (Å²) in [5, 5.41) is 1.86. The lowest BCUT2D eigenvalue weighted by molar-refractivity contribution is -0.136. The zero-order valence-electron chi connectivity index (χ0n) is 14.3. The molecule has 0 aromatic heterocycles. The SMILES string of the molecule is COCC(=O)N1CCN(c2ccc(Cl)cc2Cl)[C@H](c2ccc(Cl)cc2)C1. The monoisotopic (exact) mass is 412 g/mol. The highest BCUT2D eigenvalue weighted by Crippen LogP contribution is 2.36. The maximum Gasteiger partial charge on any atom is 0.248 e. The van der Waals surface area contributed by atoms with Gasteiger partial charge in [0, 0.05) is 36.8 Å². The molecule has 0 N–H and O–H groups in total. The first-order valence-corrected chi connectivity index (χ1v) is 9.37. The van der Waals surface area contributed by atoms with Crippen molar-refractivity contribution >= 4 is 46.4 Å². The molecule has 0 unspecified atom stereocenters. The molecule has 1 amide bonds. The van der Waals surface area contributed by atoms with Gasteiger partial charge in [-0.15, -0.1) is 0 Å². The number of nitrogens with zero attached hydrogens (tertiary/aromatic N) is 2. The van der Waals surface area contributed by atoms with Gasteiger partial charge in [0.1, 0.15) is 6.61 Å². The van der Waals surface area contributed by atoms with Crippen LogP contribution >= 0.6 is 34.8 Å². The molecule has 138 valence electrons. The summed E-state index contributed by atoms with van der Waals surface area (Å²) in [7, 11) is 1.53. The number of rotatable bonds is 4. The molecule has 0 bridgehead atoms. The predicted molar refractivity (Wildman–Crippen MR) is 106 cm³/mol. The molecule has 1 heterocycles. The van der Waals surface area contributed by atoms with Crippen molar-refractivity contribution in [1.29, 1.82) is 0 Å². The zero-order chi connectivity index (χ0) is 18.7. The molecule has 26 heavy (non-hydrogen) atoms. The standard InChI is InChI=1S/C19H19Cl3N2O2/c1-26-12-19(25)23-8-9-24(17-7-6-15(21)10-16(17)22)18(11-23)13-2-4-14(20)5-3-13/h2-7,10,18H,8-9,11-12H2,1H3/t18-/m0/s1. The third-order valence-corrected chi connectivity index (χ3v) is 5.26. The quantitative estimate of drug-likeness (QED) is 0.729. The lowest BCUT2D eigenvalue weighted by Gasteiger charge is -2.43. The number of benzene rings is 2. The molecule has 0 saturated carbocycles. The summed E-state index contributed by atoms with van der Waals surface area (Å²) in [6.07, 6.45) is 0. The molecule has 1 aliphatic heterocycles. The Balaban J connectivity index is 1.94. The summed E-state index contributed by atoms with van der Waals surface area (Å²) in [5.41, 5.74) is 1.96. The topological polar surface area (TPSA) is 32.8 Å².